The summed E-state index contributed by atoms with van der Waals surface area (Å²) in [5, 5.41) is 0.383. The summed E-state index contributed by atoms with van der Waals surface area (Å²) >= 11 is 1.82. The molecule has 0 bridgehead atoms. The van der Waals surface area contributed by atoms with Crippen molar-refractivity contribution in [2.24, 2.45) is 0 Å². The van der Waals surface area contributed by atoms with E-state index in [9.17, 15) is 8.42 Å². The van der Waals surface area contributed by atoms with E-state index in [0.29, 0.717) is 11.8 Å². The number of hydrogen-bond donors (Lipinski definition) is 1. The van der Waals surface area contributed by atoms with E-state index in [1.165, 1.54) is 10.6 Å². The highest BCUT2D eigenvalue weighted by atomic mass is 32.2. The van der Waals surface area contributed by atoms with Crippen LogP contribution in [0.3, 0.4) is 0 Å². The van der Waals surface area contributed by atoms with E-state index in [1.807, 2.05) is 23.9 Å². The molecule has 0 aliphatic carbocycles. The third kappa shape index (κ3) is 3.40. The second-order valence-corrected chi connectivity index (χ2v) is 7.30. The summed E-state index contributed by atoms with van der Waals surface area (Å²) in [7, 11) is -3.82. The molecule has 0 radical (unpaired) electrons. The first-order valence-corrected chi connectivity index (χ1v) is 8.44. The molecule has 1 aromatic carbocycles. The van der Waals surface area contributed by atoms with Gasteiger partial charge in [-0.25, -0.2) is 0 Å². The first-order valence-electron chi connectivity index (χ1n) is 5.95. The van der Waals surface area contributed by atoms with E-state index in [4.69, 9.17) is 4.55 Å². The van der Waals surface area contributed by atoms with E-state index in [1.54, 1.807) is 0 Å². The molecule has 1 N–H and O–H groups in total. The normalized spacial score (nSPS) is 19.0. The van der Waals surface area contributed by atoms with Gasteiger partial charge in [0.1, 0.15) is 0 Å². The molecule has 0 saturated carbocycles. The van der Waals surface area contributed by atoms with Gasteiger partial charge in [-0.3, -0.25) is 4.55 Å². The van der Waals surface area contributed by atoms with Crippen LogP contribution < -0.4 is 4.90 Å². The molecule has 1 aliphatic rings. The summed E-state index contributed by atoms with van der Waals surface area (Å²) in [5.74, 6) is -0.149. The topological polar surface area (TPSA) is 57.6 Å². The molecule has 0 aromatic heterocycles. The molecule has 0 saturated heterocycles. The van der Waals surface area contributed by atoms with Crippen LogP contribution in [0.5, 0.6) is 0 Å². The Morgan fingerprint density at radius 3 is 2.78 bits per heavy atom. The lowest BCUT2D eigenvalue weighted by Gasteiger charge is -2.23. The molecule has 0 fully saturated rings. The van der Waals surface area contributed by atoms with Crippen LogP contribution in [-0.4, -0.2) is 30.6 Å². The van der Waals surface area contributed by atoms with Crippen LogP contribution in [0.1, 0.15) is 19.8 Å². The molecular formula is C12H17NO3S2. The third-order valence-electron chi connectivity index (χ3n) is 2.96. The van der Waals surface area contributed by atoms with Crippen molar-refractivity contribution in [1.29, 1.82) is 0 Å². The predicted octanol–water partition coefficient (Wildman–Crippen LogP) is 2.61. The van der Waals surface area contributed by atoms with Crippen LogP contribution in [0.15, 0.2) is 29.2 Å². The van der Waals surface area contributed by atoms with Crippen LogP contribution in [0, 0.1) is 0 Å². The lowest BCUT2D eigenvalue weighted by molar-refractivity contribution is 0.480. The van der Waals surface area contributed by atoms with Gasteiger partial charge in [-0.05, 0) is 31.9 Å². The Balaban J connectivity index is 1.90. The number of para-hydroxylation sites is 1. The first kappa shape index (κ1) is 13.7. The highest BCUT2D eigenvalue weighted by molar-refractivity contribution is 8.00. The number of fused-ring (bicyclic) bond motifs is 1. The number of rotatable bonds is 5. The van der Waals surface area contributed by atoms with Crippen LogP contribution in [0.25, 0.3) is 0 Å². The van der Waals surface area contributed by atoms with Crippen LogP contribution >= 0.6 is 11.8 Å². The van der Waals surface area contributed by atoms with E-state index >= 15 is 0 Å². The first-order chi connectivity index (χ1) is 8.47. The van der Waals surface area contributed by atoms with E-state index < -0.39 is 10.1 Å². The third-order valence-corrected chi connectivity index (χ3v) is 4.96. The van der Waals surface area contributed by atoms with Crippen molar-refractivity contribution in [2.45, 2.75) is 30.0 Å². The van der Waals surface area contributed by atoms with E-state index in [0.717, 1.165) is 13.0 Å². The van der Waals surface area contributed by atoms with Crippen LogP contribution in [-0.2, 0) is 10.1 Å². The number of anilines is 1. The summed E-state index contributed by atoms with van der Waals surface area (Å²) in [6, 6.07) is 8.24. The second-order valence-electron chi connectivity index (χ2n) is 4.37. The summed E-state index contributed by atoms with van der Waals surface area (Å²) in [6.07, 6.45) is 1.26. The maximum atomic E-state index is 10.6. The quantitative estimate of drug-likeness (QED) is 0.666. The van der Waals surface area contributed by atoms with Gasteiger partial charge in [0.15, 0.2) is 0 Å². The Morgan fingerprint density at radius 2 is 2.06 bits per heavy atom. The largest absolute Gasteiger partial charge is 0.359 e. The maximum Gasteiger partial charge on any atom is 0.264 e. The monoisotopic (exact) mass is 287 g/mol. The minimum absolute atomic E-state index is 0.149. The molecule has 1 heterocycles. The minimum atomic E-state index is -3.82. The van der Waals surface area contributed by atoms with Gasteiger partial charge in [-0.15, -0.1) is 0 Å². The van der Waals surface area contributed by atoms with Crippen LogP contribution in [0.2, 0.25) is 0 Å². The van der Waals surface area contributed by atoms with Crippen molar-refractivity contribution < 1.29 is 13.0 Å². The molecule has 1 atom stereocenters. The second kappa shape index (κ2) is 5.50. The molecule has 6 heteroatoms. The van der Waals surface area contributed by atoms with Crippen molar-refractivity contribution in [3.8, 4) is 0 Å². The molecule has 0 spiro atoms. The fraction of sp³-hybridized carbons (Fsp3) is 0.500. The average Bonchev–Trinajstić information content (AvgIpc) is 2.59. The smallest absolute Gasteiger partial charge is 0.264 e. The van der Waals surface area contributed by atoms with Gasteiger partial charge in [-0.2, -0.15) is 8.42 Å². The zero-order valence-electron chi connectivity index (χ0n) is 10.2. The van der Waals surface area contributed by atoms with E-state index in [-0.39, 0.29) is 5.75 Å². The maximum absolute atomic E-state index is 10.6. The lowest BCUT2D eigenvalue weighted by Crippen LogP contribution is -2.28. The SMILES string of the molecule is CC1Sc2ccccc2N1CCCCS(=O)(=O)O. The molecule has 1 aliphatic heterocycles. The number of hydrogen-bond acceptors (Lipinski definition) is 4. The van der Waals surface area contributed by atoms with Crippen molar-refractivity contribution in [3.05, 3.63) is 24.3 Å². The van der Waals surface area contributed by atoms with Crippen molar-refractivity contribution in [3.63, 3.8) is 0 Å². The number of unbranched alkanes of at least 4 members (excludes halogenated alkanes) is 1. The molecule has 4 nitrogen and oxygen atoms in total. The molecule has 18 heavy (non-hydrogen) atoms. The Morgan fingerprint density at radius 1 is 1.33 bits per heavy atom. The Labute approximate surface area is 112 Å². The summed E-state index contributed by atoms with van der Waals surface area (Å²) in [4.78, 5) is 3.56. The molecule has 1 unspecified atom stereocenters. The standard InChI is InChI=1S/C12H17NO3S2/c1-10-13(8-4-5-9-18(14,15)16)11-6-2-3-7-12(11)17-10/h2-3,6-7,10H,4-5,8-9H2,1H3,(H,14,15,16). The van der Waals surface area contributed by atoms with Gasteiger partial charge in [0.25, 0.3) is 10.1 Å². The highest BCUT2D eigenvalue weighted by Gasteiger charge is 2.25. The van der Waals surface area contributed by atoms with Gasteiger partial charge in [0, 0.05) is 11.4 Å². The molecule has 0 amide bonds. The van der Waals surface area contributed by atoms with Crippen molar-refractivity contribution in [1.82, 2.24) is 0 Å². The molecule has 2 rings (SSSR count). The zero-order valence-corrected chi connectivity index (χ0v) is 11.9. The van der Waals surface area contributed by atoms with Gasteiger partial charge in [0.2, 0.25) is 0 Å². The molecule has 100 valence electrons. The van der Waals surface area contributed by atoms with Crippen molar-refractivity contribution >= 4 is 27.6 Å². The van der Waals surface area contributed by atoms with Gasteiger partial charge in [-0.1, -0.05) is 23.9 Å². The van der Waals surface area contributed by atoms with Crippen LogP contribution in [0.4, 0.5) is 5.69 Å². The van der Waals surface area contributed by atoms with Gasteiger partial charge in [0.05, 0.1) is 16.8 Å². The van der Waals surface area contributed by atoms with Gasteiger partial charge >= 0.3 is 0 Å². The number of benzene rings is 1. The zero-order chi connectivity index (χ0) is 13.2. The minimum Gasteiger partial charge on any atom is -0.359 e. The van der Waals surface area contributed by atoms with E-state index in [2.05, 4.69) is 24.0 Å². The Kier molecular flexibility index (Phi) is 4.19. The Bertz CT molecular complexity index is 516. The average molecular weight is 287 g/mol. The van der Waals surface area contributed by atoms with Crippen molar-refractivity contribution in [2.75, 3.05) is 17.2 Å². The Hall–Kier alpha value is -0.720. The highest BCUT2D eigenvalue weighted by Crippen LogP contribution is 2.42. The summed E-state index contributed by atoms with van der Waals surface area (Å²) in [5.41, 5.74) is 1.22. The fourth-order valence-corrected chi connectivity index (χ4v) is 3.85. The predicted molar refractivity (Wildman–Crippen MR) is 74.8 cm³/mol. The summed E-state index contributed by atoms with van der Waals surface area (Å²) < 4.78 is 29.9. The molecular weight excluding hydrogens is 270 g/mol. The summed E-state index contributed by atoms with van der Waals surface area (Å²) in [6.45, 7) is 2.97. The van der Waals surface area contributed by atoms with Gasteiger partial charge < -0.3 is 4.90 Å². The number of thioether (sulfide) groups is 1. The fourth-order valence-electron chi connectivity index (χ4n) is 2.11. The number of nitrogens with zero attached hydrogens (tertiary/aromatic N) is 1. The molecule has 1 aromatic rings. The lowest BCUT2D eigenvalue weighted by atomic mass is 10.2.